The summed E-state index contributed by atoms with van der Waals surface area (Å²) < 4.78 is 1.78. The van der Waals surface area contributed by atoms with Gasteiger partial charge >= 0.3 is 0 Å². The van der Waals surface area contributed by atoms with E-state index in [2.05, 4.69) is 31.6 Å². The van der Waals surface area contributed by atoms with E-state index in [0.29, 0.717) is 35.1 Å². The number of anilines is 1. The van der Waals surface area contributed by atoms with Crippen LogP contribution in [0.2, 0.25) is 0 Å². The second-order valence-electron chi connectivity index (χ2n) is 8.71. The number of nitrogens with zero attached hydrogens (tertiary/aromatic N) is 4. The van der Waals surface area contributed by atoms with Crippen LogP contribution in [0.25, 0.3) is 10.3 Å². The lowest BCUT2D eigenvalue weighted by atomic mass is 9.97. The Morgan fingerprint density at radius 1 is 1.24 bits per heavy atom. The molecule has 33 heavy (non-hydrogen) atoms. The molecule has 0 unspecified atom stereocenters. The van der Waals surface area contributed by atoms with Crippen LogP contribution in [0.4, 0.5) is 5.13 Å². The van der Waals surface area contributed by atoms with Crippen molar-refractivity contribution in [1.29, 1.82) is 0 Å². The van der Waals surface area contributed by atoms with Gasteiger partial charge in [0.2, 0.25) is 11.8 Å². The molecule has 10 heteroatoms. The van der Waals surface area contributed by atoms with Gasteiger partial charge in [0.05, 0.1) is 5.92 Å². The predicted octanol–water partition coefficient (Wildman–Crippen LogP) is 2.21. The molecule has 3 heterocycles. The summed E-state index contributed by atoms with van der Waals surface area (Å²) in [6, 6.07) is 0. The summed E-state index contributed by atoms with van der Waals surface area (Å²) in [5.41, 5.74) is 1.54. The summed E-state index contributed by atoms with van der Waals surface area (Å²) in [7, 11) is 0. The lowest BCUT2D eigenvalue weighted by Gasteiger charge is -2.31. The maximum absolute atomic E-state index is 13.0. The van der Waals surface area contributed by atoms with Crippen LogP contribution in [0.15, 0.2) is 22.8 Å². The van der Waals surface area contributed by atoms with Gasteiger partial charge in [0.15, 0.2) is 10.8 Å². The number of nitrogens with one attached hydrogen (secondary N) is 2. The topological polar surface area (TPSA) is 109 Å². The summed E-state index contributed by atoms with van der Waals surface area (Å²) in [5.74, 6) is -0.210. The lowest BCUT2D eigenvalue weighted by molar-refractivity contribution is -0.125. The van der Waals surface area contributed by atoms with E-state index in [9.17, 15) is 14.4 Å². The first kappa shape index (κ1) is 23.4. The maximum atomic E-state index is 13.0. The molecular formula is C23H32N6O3S. The first-order chi connectivity index (χ1) is 16.0. The Morgan fingerprint density at radius 2 is 2.12 bits per heavy atom. The molecular weight excluding hydrogens is 440 g/mol. The number of rotatable bonds is 8. The fourth-order valence-corrected chi connectivity index (χ4v) is 5.48. The van der Waals surface area contributed by atoms with Crippen LogP contribution in [0.5, 0.6) is 0 Å². The standard InChI is InChI=1S/C23H32N6O3S/c1-2-24-21(31)17-9-6-12-28(13-17)23-27-20-19(33-23)22(32)29(15-26-20)14-18(30)25-11-10-16-7-4-3-5-8-16/h7,15,17H,2-6,8-14H2,1H3,(H,24,31)(H,25,30)/t17-/m0/s1. The van der Waals surface area contributed by atoms with E-state index in [1.165, 1.54) is 40.6 Å². The molecule has 1 aliphatic heterocycles. The Hall–Kier alpha value is -2.75. The molecule has 2 aromatic rings. The van der Waals surface area contributed by atoms with E-state index < -0.39 is 0 Å². The highest BCUT2D eigenvalue weighted by molar-refractivity contribution is 7.22. The summed E-state index contributed by atoms with van der Waals surface area (Å²) in [5, 5.41) is 6.50. The fraction of sp³-hybridized carbons (Fsp3) is 0.609. The van der Waals surface area contributed by atoms with Gasteiger partial charge in [-0.2, -0.15) is 4.98 Å². The molecule has 4 rings (SSSR count). The molecule has 178 valence electrons. The van der Waals surface area contributed by atoms with Gasteiger partial charge < -0.3 is 15.5 Å². The van der Waals surface area contributed by atoms with Gasteiger partial charge in [0.25, 0.3) is 5.56 Å². The monoisotopic (exact) mass is 472 g/mol. The van der Waals surface area contributed by atoms with Crippen LogP contribution in [0.1, 0.15) is 51.9 Å². The van der Waals surface area contributed by atoms with Gasteiger partial charge in [0.1, 0.15) is 17.6 Å². The lowest BCUT2D eigenvalue weighted by Crippen LogP contribution is -2.43. The SMILES string of the molecule is CCNC(=O)[C@H]1CCCN(c2nc3ncn(CC(=O)NCCC4=CCCCC4)c(=O)c3s2)C1. The summed E-state index contributed by atoms with van der Waals surface area (Å²) in [6.45, 7) is 4.43. The number of piperidine rings is 1. The van der Waals surface area contributed by atoms with Crippen molar-refractivity contribution in [1.82, 2.24) is 25.2 Å². The third-order valence-electron chi connectivity index (χ3n) is 6.25. The van der Waals surface area contributed by atoms with Crippen molar-refractivity contribution >= 4 is 38.6 Å². The van der Waals surface area contributed by atoms with Crippen LogP contribution in [0, 0.1) is 5.92 Å². The highest BCUT2D eigenvalue weighted by Gasteiger charge is 2.27. The molecule has 2 amide bonds. The highest BCUT2D eigenvalue weighted by Crippen LogP contribution is 2.29. The number of fused-ring (bicyclic) bond motifs is 1. The van der Waals surface area contributed by atoms with Gasteiger partial charge in [-0.1, -0.05) is 23.0 Å². The highest BCUT2D eigenvalue weighted by atomic mass is 32.1. The molecule has 9 nitrogen and oxygen atoms in total. The quantitative estimate of drug-likeness (QED) is 0.570. The minimum atomic E-state index is -0.258. The second kappa shape index (κ2) is 10.9. The molecule has 1 atom stereocenters. The molecule has 0 bridgehead atoms. The Bertz CT molecular complexity index is 1090. The van der Waals surface area contributed by atoms with Crippen molar-refractivity contribution in [2.24, 2.45) is 5.92 Å². The van der Waals surface area contributed by atoms with Crippen molar-refractivity contribution in [3.8, 4) is 0 Å². The average molecular weight is 473 g/mol. The van der Waals surface area contributed by atoms with Crippen LogP contribution in [-0.4, -0.2) is 52.5 Å². The minimum absolute atomic E-state index is 0.0585. The summed E-state index contributed by atoms with van der Waals surface area (Å²) in [4.78, 5) is 48.5. The number of allylic oxidation sites excluding steroid dienone is 1. The van der Waals surface area contributed by atoms with E-state index in [1.54, 1.807) is 0 Å². The van der Waals surface area contributed by atoms with Crippen LogP contribution >= 0.6 is 11.3 Å². The zero-order chi connectivity index (χ0) is 23.2. The molecule has 2 N–H and O–H groups in total. The summed E-state index contributed by atoms with van der Waals surface area (Å²) in [6.07, 6.45) is 11.0. The molecule has 0 saturated carbocycles. The zero-order valence-corrected chi connectivity index (χ0v) is 20.0. The second-order valence-corrected chi connectivity index (χ2v) is 9.69. The fourth-order valence-electron chi connectivity index (χ4n) is 4.47. The van der Waals surface area contributed by atoms with Crippen molar-refractivity contribution < 1.29 is 9.59 Å². The predicted molar refractivity (Wildman–Crippen MR) is 129 cm³/mol. The summed E-state index contributed by atoms with van der Waals surface area (Å²) >= 11 is 1.28. The number of aromatic nitrogens is 3. The number of carbonyl (C=O) groups excluding carboxylic acids is 2. The van der Waals surface area contributed by atoms with Crippen LogP contribution in [0.3, 0.4) is 0 Å². The number of amides is 2. The van der Waals surface area contributed by atoms with Crippen molar-refractivity contribution in [3.05, 3.63) is 28.3 Å². The first-order valence-corrected chi connectivity index (χ1v) is 12.7. The molecule has 2 aliphatic rings. The Labute approximate surface area is 197 Å². The van der Waals surface area contributed by atoms with Crippen LogP contribution < -0.4 is 21.1 Å². The van der Waals surface area contributed by atoms with E-state index in [1.807, 2.05) is 6.92 Å². The third kappa shape index (κ3) is 5.79. The van der Waals surface area contributed by atoms with E-state index in [0.717, 1.165) is 38.6 Å². The molecule has 2 aromatic heterocycles. The Kier molecular flexibility index (Phi) is 7.74. The zero-order valence-electron chi connectivity index (χ0n) is 19.1. The molecule has 1 saturated heterocycles. The van der Waals surface area contributed by atoms with Gasteiger partial charge in [0, 0.05) is 26.2 Å². The number of hydrogen-bond donors (Lipinski definition) is 2. The van der Waals surface area contributed by atoms with Gasteiger partial charge in [-0.15, -0.1) is 0 Å². The maximum Gasteiger partial charge on any atom is 0.273 e. The largest absolute Gasteiger partial charge is 0.356 e. The number of thiazole rings is 1. The van der Waals surface area contributed by atoms with Crippen molar-refractivity contribution in [2.45, 2.75) is 58.4 Å². The van der Waals surface area contributed by atoms with E-state index in [4.69, 9.17) is 0 Å². The van der Waals surface area contributed by atoms with Gasteiger partial charge in [-0.05, 0) is 51.9 Å². The first-order valence-electron chi connectivity index (χ1n) is 11.9. The molecule has 1 aliphatic carbocycles. The molecule has 1 fully saturated rings. The Balaban J connectivity index is 1.39. The normalized spacial score (nSPS) is 18.8. The third-order valence-corrected chi connectivity index (χ3v) is 7.35. The van der Waals surface area contributed by atoms with Gasteiger partial charge in [-0.3, -0.25) is 19.0 Å². The minimum Gasteiger partial charge on any atom is -0.356 e. The average Bonchev–Trinajstić information content (AvgIpc) is 3.27. The van der Waals surface area contributed by atoms with Gasteiger partial charge in [-0.25, -0.2) is 4.98 Å². The van der Waals surface area contributed by atoms with Crippen LogP contribution in [-0.2, 0) is 16.1 Å². The number of hydrogen-bond acceptors (Lipinski definition) is 7. The van der Waals surface area contributed by atoms with Crippen molar-refractivity contribution in [2.75, 3.05) is 31.1 Å². The van der Waals surface area contributed by atoms with Crippen molar-refractivity contribution in [3.63, 3.8) is 0 Å². The molecule has 0 aromatic carbocycles. The Morgan fingerprint density at radius 3 is 2.91 bits per heavy atom. The molecule has 0 radical (unpaired) electrons. The van der Waals surface area contributed by atoms with E-state index in [-0.39, 0.29) is 29.8 Å². The number of carbonyl (C=O) groups is 2. The van der Waals surface area contributed by atoms with E-state index >= 15 is 0 Å². The molecule has 0 spiro atoms. The smallest absolute Gasteiger partial charge is 0.273 e.